The van der Waals surface area contributed by atoms with Gasteiger partial charge in [0, 0.05) is 12.5 Å². The van der Waals surface area contributed by atoms with E-state index >= 15 is 0 Å². The molecule has 0 amide bonds. The number of rotatable bonds is 7. The van der Waals surface area contributed by atoms with E-state index < -0.39 is 0 Å². The highest BCUT2D eigenvalue weighted by Crippen LogP contribution is 2.10. The van der Waals surface area contributed by atoms with Gasteiger partial charge in [-0.25, -0.2) is 0 Å². The standard InChI is InChI=1S/C14H25NO/c1-5-13-8-9-14(16-13)10-15-12(4)7-6-11(2)3/h8-9,11-12,15H,5-7,10H2,1-4H3. The van der Waals surface area contributed by atoms with Crippen LogP contribution in [0.25, 0.3) is 0 Å². The summed E-state index contributed by atoms with van der Waals surface area (Å²) >= 11 is 0. The fraction of sp³-hybridized carbons (Fsp3) is 0.714. The summed E-state index contributed by atoms with van der Waals surface area (Å²) in [6, 6.07) is 4.70. The monoisotopic (exact) mass is 223 g/mol. The van der Waals surface area contributed by atoms with E-state index in [4.69, 9.17) is 4.42 Å². The number of hydrogen-bond donors (Lipinski definition) is 1. The van der Waals surface area contributed by atoms with Crippen LogP contribution in [0, 0.1) is 5.92 Å². The summed E-state index contributed by atoms with van der Waals surface area (Å²) in [7, 11) is 0. The molecule has 1 heterocycles. The molecule has 0 aliphatic carbocycles. The predicted octanol–water partition coefficient (Wildman–Crippen LogP) is 3.76. The van der Waals surface area contributed by atoms with E-state index in [1.165, 1.54) is 12.8 Å². The number of furan rings is 1. The smallest absolute Gasteiger partial charge is 0.117 e. The molecule has 1 aromatic rings. The largest absolute Gasteiger partial charge is 0.465 e. The van der Waals surface area contributed by atoms with Crippen molar-refractivity contribution in [2.75, 3.05) is 0 Å². The summed E-state index contributed by atoms with van der Waals surface area (Å²) < 4.78 is 5.65. The van der Waals surface area contributed by atoms with Crippen molar-refractivity contribution in [1.82, 2.24) is 5.32 Å². The zero-order valence-electron chi connectivity index (χ0n) is 11.0. The van der Waals surface area contributed by atoms with Crippen LogP contribution >= 0.6 is 0 Å². The maximum atomic E-state index is 5.65. The molecule has 2 nitrogen and oxygen atoms in total. The molecule has 0 fully saturated rings. The first kappa shape index (κ1) is 13.3. The minimum atomic E-state index is 0.567. The summed E-state index contributed by atoms with van der Waals surface area (Å²) in [4.78, 5) is 0. The molecule has 1 rings (SSSR count). The molecule has 0 aromatic carbocycles. The molecule has 1 atom stereocenters. The predicted molar refractivity (Wildman–Crippen MR) is 68.5 cm³/mol. The second-order valence-electron chi connectivity index (χ2n) is 4.97. The van der Waals surface area contributed by atoms with E-state index in [9.17, 15) is 0 Å². The van der Waals surface area contributed by atoms with Gasteiger partial charge in [0.1, 0.15) is 11.5 Å². The molecular formula is C14H25NO. The van der Waals surface area contributed by atoms with Gasteiger partial charge in [0.25, 0.3) is 0 Å². The molecule has 0 radical (unpaired) electrons. The maximum Gasteiger partial charge on any atom is 0.117 e. The average Bonchev–Trinajstić information content (AvgIpc) is 2.71. The third-order valence-electron chi connectivity index (χ3n) is 2.87. The van der Waals surface area contributed by atoms with E-state index in [0.29, 0.717) is 6.04 Å². The van der Waals surface area contributed by atoms with Crippen LogP contribution in [0.1, 0.15) is 52.1 Å². The lowest BCUT2D eigenvalue weighted by Crippen LogP contribution is -2.25. The van der Waals surface area contributed by atoms with Gasteiger partial charge in [-0.1, -0.05) is 20.8 Å². The Kier molecular flexibility index (Phi) is 5.61. The van der Waals surface area contributed by atoms with Gasteiger partial charge >= 0.3 is 0 Å². The lowest BCUT2D eigenvalue weighted by Gasteiger charge is -2.13. The first-order valence-electron chi connectivity index (χ1n) is 6.42. The summed E-state index contributed by atoms with van der Waals surface area (Å²) in [6.07, 6.45) is 3.49. The van der Waals surface area contributed by atoms with Crippen LogP contribution in [0.4, 0.5) is 0 Å². The van der Waals surface area contributed by atoms with Crippen LogP contribution in [-0.2, 0) is 13.0 Å². The minimum Gasteiger partial charge on any atom is -0.465 e. The second kappa shape index (κ2) is 6.74. The molecule has 1 unspecified atom stereocenters. The van der Waals surface area contributed by atoms with Gasteiger partial charge in [0.15, 0.2) is 0 Å². The van der Waals surface area contributed by atoms with Crippen LogP contribution in [0.2, 0.25) is 0 Å². The van der Waals surface area contributed by atoms with Crippen molar-refractivity contribution >= 4 is 0 Å². The molecular weight excluding hydrogens is 198 g/mol. The van der Waals surface area contributed by atoms with Crippen LogP contribution < -0.4 is 5.32 Å². The molecule has 2 heteroatoms. The van der Waals surface area contributed by atoms with E-state index in [2.05, 4.69) is 45.1 Å². The fourth-order valence-electron chi connectivity index (χ4n) is 1.67. The second-order valence-corrected chi connectivity index (χ2v) is 4.97. The molecule has 16 heavy (non-hydrogen) atoms. The third-order valence-corrected chi connectivity index (χ3v) is 2.87. The van der Waals surface area contributed by atoms with Crippen molar-refractivity contribution in [3.8, 4) is 0 Å². The molecule has 0 aliphatic rings. The Balaban J connectivity index is 2.23. The average molecular weight is 223 g/mol. The van der Waals surface area contributed by atoms with Crippen LogP contribution in [0.5, 0.6) is 0 Å². The van der Waals surface area contributed by atoms with Gasteiger partial charge in [0.05, 0.1) is 6.54 Å². The van der Waals surface area contributed by atoms with Gasteiger partial charge in [-0.15, -0.1) is 0 Å². The topological polar surface area (TPSA) is 25.2 Å². The third kappa shape index (κ3) is 4.84. The first-order chi connectivity index (χ1) is 7.61. The minimum absolute atomic E-state index is 0.567. The maximum absolute atomic E-state index is 5.65. The van der Waals surface area contributed by atoms with Crippen molar-refractivity contribution in [3.05, 3.63) is 23.7 Å². The van der Waals surface area contributed by atoms with Crippen LogP contribution in [0.3, 0.4) is 0 Å². The molecule has 1 N–H and O–H groups in total. The van der Waals surface area contributed by atoms with E-state index in [0.717, 1.165) is 30.4 Å². The van der Waals surface area contributed by atoms with Crippen molar-refractivity contribution in [2.24, 2.45) is 5.92 Å². The first-order valence-corrected chi connectivity index (χ1v) is 6.42. The van der Waals surface area contributed by atoms with Gasteiger partial charge in [0.2, 0.25) is 0 Å². The lowest BCUT2D eigenvalue weighted by molar-refractivity contribution is 0.407. The summed E-state index contributed by atoms with van der Waals surface area (Å²) in [5, 5.41) is 3.50. The van der Waals surface area contributed by atoms with E-state index in [1.54, 1.807) is 0 Å². The Hall–Kier alpha value is -0.760. The summed E-state index contributed by atoms with van der Waals surface area (Å²) in [5.41, 5.74) is 0. The van der Waals surface area contributed by atoms with Crippen molar-refractivity contribution < 1.29 is 4.42 Å². The quantitative estimate of drug-likeness (QED) is 0.761. The molecule has 0 aliphatic heterocycles. The molecule has 92 valence electrons. The molecule has 0 saturated heterocycles. The fourth-order valence-corrected chi connectivity index (χ4v) is 1.67. The van der Waals surface area contributed by atoms with E-state index in [-0.39, 0.29) is 0 Å². The Morgan fingerprint density at radius 3 is 2.38 bits per heavy atom. The van der Waals surface area contributed by atoms with Crippen LogP contribution in [0.15, 0.2) is 16.5 Å². The number of aryl methyl sites for hydroxylation is 1. The zero-order chi connectivity index (χ0) is 12.0. The highest BCUT2D eigenvalue weighted by Gasteiger charge is 2.05. The van der Waals surface area contributed by atoms with Crippen molar-refractivity contribution in [1.29, 1.82) is 0 Å². The van der Waals surface area contributed by atoms with Gasteiger partial charge in [-0.2, -0.15) is 0 Å². The molecule has 1 aromatic heterocycles. The van der Waals surface area contributed by atoms with E-state index in [1.807, 2.05) is 0 Å². The highest BCUT2D eigenvalue weighted by molar-refractivity contribution is 5.06. The highest BCUT2D eigenvalue weighted by atomic mass is 16.3. The van der Waals surface area contributed by atoms with Crippen molar-refractivity contribution in [2.45, 2.75) is 59.5 Å². The van der Waals surface area contributed by atoms with Gasteiger partial charge in [-0.05, 0) is 37.8 Å². The van der Waals surface area contributed by atoms with Crippen molar-refractivity contribution in [3.63, 3.8) is 0 Å². The number of nitrogens with one attached hydrogen (secondary N) is 1. The summed E-state index contributed by atoms with van der Waals surface area (Å²) in [6.45, 7) is 9.74. The normalized spacial score (nSPS) is 13.3. The van der Waals surface area contributed by atoms with Crippen LogP contribution in [-0.4, -0.2) is 6.04 Å². The molecule has 0 spiro atoms. The van der Waals surface area contributed by atoms with Gasteiger partial charge in [-0.3, -0.25) is 0 Å². The zero-order valence-corrected chi connectivity index (χ0v) is 11.0. The Labute approximate surface area is 99.4 Å². The SMILES string of the molecule is CCc1ccc(CNC(C)CCC(C)C)o1. The summed E-state index contributed by atoms with van der Waals surface area (Å²) in [5.74, 6) is 2.92. The molecule has 0 bridgehead atoms. The Morgan fingerprint density at radius 2 is 1.81 bits per heavy atom. The number of hydrogen-bond acceptors (Lipinski definition) is 2. The Morgan fingerprint density at radius 1 is 1.12 bits per heavy atom. The van der Waals surface area contributed by atoms with Gasteiger partial charge < -0.3 is 9.73 Å². The molecule has 0 saturated carbocycles. The Bertz CT molecular complexity index is 291. The lowest BCUT2D eigenvalue weighted by atomic mass is 10.0.